The summed E-state index contributed by atoms with van der Waals surface area (Å²) in [4.78, 5) is 0. The van der Waals surface area contributed by atoms with Crippen molar-refractivity contribution in [1.82, 2.24) is 0 Å². The summed E-state index contributed by atoms with van der Waals surface area (Å²) in [6, 6.07) is 10.8. The summed E-state index contributed by atoms with van der Waals surface area (Å²) in [5.74, 6) is 0.204. The van der Waals surface area contributed by atoms with Crippen LogP contribution in [0.25, 0.3) is 0 Å². The first-order valence-electron chi connectivity index (χ1n) is 6.33. The average Bonchev–Trinajstić information content (AvgIpc) is 2.33. The van der Waals surface area contributed by atoms with Crippen molar-refractivity contribution in [1.29, 1.82) is 0 Å². The second-order valence-electron chi connectivity index (χ2n) is 4.89. The lowest BCUT2D eigenvalue weighted by Crippen LogP contribution is -2.08. The van der Waals surface area contributed by atoms with E-state index in [1.165, 1.54) is 5.56 Å². The minimum atomic E-state index is -0.179. The van der Waals surface area contributed by atoms with E-state index in [2.05, 4.69) is 23.5 Å². The molecular formula is C16H19NO2. The number of aromatic hydroxyl groups is 2. The normalized spacial score (nSPS) is 12.2. The van der Waals surface area contributed by atoms with Crippen LogP contribution >= 0.6 is 0 Å². The number of anilines is 1. The molecule has 0 bridgehead atoms. The van der Waals surface area contributed by atoms with Crippen LogP contribution in [0.3, 0.4) is 0 Å². The summed E-state index contributed by atoms with van der Waals surface area (Å²) in [5, 5.41) is 23.1. The van der Waals surface area contributed by atoms with Gasteiger partial charge in [0.15, 0.2) is 0 Å². The summed E-state index contributed by atoms with van der Waals surface area (Å²) < 4.78 is 0. The molecule has 100 valence electrons. The maximum Gasteiger partial charge on any atom is 0.124 e. The number of nitrogens with one attached hydrogen (secondary N) is 1. The molecule has 0 radical (unpaired) electrons. The standard InChI is InChI=1S/C16H19NO2/c1-10-7-8-11(2)13(9-10)17-12(3)16-14(18)5-4-6-15(16)19/h4-9,12,17-19H,1-3H3. The molecule has 0 fully saturated rings. The number of hydrogen-bond donors (Lipinski definition) is 3. The maximum atomic E-state index is 9.86. The summed E-state index contributed by atoms with van der Waals surface area (Å²) in [6.45, 7) is 5.97. The molecule has 1 unspecified atom stereocenters. The van der Waals surface area contributed by atoms with E-state index in [1.54, 1.807) is 18.2 Å². The Morgan fingerprint density at radius 1 is 1.00 bits per heavy atom. The van der Waals surface area contributed by atoms with E-state index in [0.29, 0.717) is 5.56 Å². The van der Waals surface area contributed by atoms with Crippen LogP contribution in [0.4, 0.5) is 5.69 Å². The summed E-state index contributed by atoms with van der Waals surface area (Å²) in [6.07, 6.45) is 0. The van der Waals surface area contributed by atoms with Crippen molar-refractivity contribution >= 4 is 5.69 Å². The molecule has 0 aliphatic rings. The van der Waals surface area contributed by atoms with Crippen molar-refractivity contribution in [3.8, 4) is 11.5 Å². The van der Waals surface area contributed by atoms with Gasteiger partial charge >= 0.3 is 0 Å². The van der Waals surface area contributed by atoms with Crippen molar-refractivity contribution in [3.63, 3.8) is 0 Å². The molecule has 0 spiro atoms. The number of phenolic OH excluding ortho intramolecular Hbond substituents is 2. The van der Waals surface area contributed by atoms with Gasteiger partial charge in [0.2, 0.25) is 0 Å². The molecule has 2 aromatic carbocycles. The highest BCUT2D eigenvalue weighted by Gasteiger charge is 2.15. The summed E-state index contributed by atoms with van der Waals surface area (Å²) >= 11 is 0. The zero-order chi connectivity index (χ0) is 14.0. The lowest BCUT2D eigenvalue weighted by molar-refractivity contribution is 0.434. The number of benzene rings is 2. The van der Waals surface area contributed by atoms with E-state index in [-0.39, 0.29) is 17.5 Å². The molecule has 0 amide bonds. The Morgan fingerprint density at radius 3 is 2.26 bits per heavy atom. The Bertz CT molecular complexity index is 573. The minimum absolute atomic E-state index is 0.102. The molecule has 0 aromatic heterocycles. The van der Waals surface area contributed by atoms with E-state index in [0.717, 1.165) is 11.3 Å². The van der Waals surface area contributed by atoms with Crippen LogP contribution in [0, 0.1) is 13.8 Å². The van der Waals surface area contributed by atoms with E-state index < -0.39 is 0 Å². The highest BCUT2D eigenvalue weighted by atomic mass is 16.3. The topological polar surface area (TPSA) is 52.5 Å². The third kappa shape index (κ3) is 2.81. The lowest BCUT2D eigenvalue weighted by Gasteiger charge is -2.19. The smallest absolute Gasteiger partial charge is 0.124 e. The van der Waals surface area contributed by atoms with Crippen molar-refractivity contribution in [2.75, 3.05) is 5.32 Å². The molecule has 19 heavy (non-hydrogen) atoms. The first kappa shape index (κ1) is 13.3. The average molecular weight is 257 g/mol. The zero-order valence-electron chi connectivity index (χ0n) is 11.4. The highest BCUT2D eigenvalue weighted by molar-refractivity contribution is 5.56. The highest BCUT2D eigenvalue weighted by Crippen LogP contribution is 2.34. The molecule has 0 aliphatic carbocycles. The molecule has 0 saturated heterocycles. The minimum Gasteiger partial charge on any atom is -0.507 e. The largest absolute Gasteiger partial charge is 0.507 e. The number of aryl methyl sites for hydroxylation is 2. The first-order chi connectivity index (χ1) is 8.99. The Hall–Kier alpha value is -2.16. The molecular weight excluding hydrogens is 238 g/mol. The van der Waals surface area contributed by atoms with Gasteiger partial charge in [-0.2, -0.15) is 0 Å². The molecule has 0 heterocycles. The molecule has 3 heteroatoms. The van der Waals surface area contributed by atoms with E-state index >= 15 is 0 Å². The van der Waals surface area contributed by atoms with Gasteiger partial charge in [-0.3, -0.25) is 0 Å². The monoisotopic (exact) mass is 257 g/mol. The molecule has 3 N–H and O–H groups in total. The summed E-state index contributed by atoms with van der Waals surface area (Å²) in [5.41, 5.74) is 3.83. The van der Waals surface area contributed by atoms with Crippen LogP contribution < -0.4 is 5.32 Å². The number of rotatable bonds is 3. The van der Waals surface area contributed by atoms with Crippen LogP contribution in [-0.2, 0) is 0 Å². The maximum absolute atomic E-state index is 9.86. The van der Waals surface area contributed by atoms with Crippen molar-refractivity contribution in [2.24, 2.45) is 0 Å². The van der Waals surface area contributed by atoms with Crippen molar-refractivity contribution in [2.45, 2.75) is 26.8 Å². The van der Waals surface area contributed by atoms with Crippen molar-refractivity contribution in [3.05, 3.63) is 53.1 Å². The Labute approximate surface area is 113 Å². The molecule has 2 aromatic rings. The predicted molar refractivity (Wildman–Crippen MR) is 77.7 cm³/mol. The van der Waals surface area contributed by atoms with E-state index in [1.807, 2.05) is 20.8 Å². The fraction of sp³-hybridized carbons (Fsp3) is 0.250. The number of hydrogen-bond acceptors (Lipinski definition) is 3. The van der Waals surface area contributed by atoms with E-state index in [4.69, 9.17) is 0 Å². The van der Waals surface area contributed by atoms with Gasteiger partial charge in [0.25, 0.3) is 0 Å². The number of phenols is 2. The fourth-order valence-corrected chi connectivity index (χ4v) is 2.18. The quantitative estimate of drug-likeness (QED) is 0.782. The Balaban J connectivity index is 2.31. The van der Waals surface area contributed by atoms with Gasteiger partial charge in [0.1, 0.15) is 11.5 Å². The second kappa shape index (κ2) is 5.22. The van der Waals surface area contributed by atoms with Gasteiger partial charge in [0.05, 0.1) is 11.6 Å². The van der Waals surface area contributed by atoms with E-state index in [9.17, 15) is 10.2 Å². The van der Waals surface area contributed by atoms with Crippen LogP contribution in [0.1, 0.15) is 29.7 Å². The first-order valence-corrected chi connectivity index (χ1v) is 6.33. The second-order valence-corrected chi connectivity index (χ2v) is 4.89. The molecule has 0 aliphatic heterocycles. The van der Waals surface area contributed by atoms with Crippen LogP contribution in [0.2, 0.25) is 0 Å². The third-order valence-corrected chi connectivity index (χ3v) is 3.26. The van der Waals surface area contributed by atoms with Crippen LogP contribution in [-0.4, -0.2) is 10.2 Å². The lowest BCUT2D eigenvalue weighted by atomic mass is 10.0. The van der Waals surface area contributed by atoms with Gasteiger partial charge < -0.3 is 15.5 Å². The molecule has 3 nitrogen and oxygen atoms in total. The van der Waals surface area contributed by atoms with Gasteiger partial charge in [-0.25, -0.2) is 0 Å². The zero-order valence-corrected chi connectivity index (χ0v) is 11.4. The van der Waals surface area contributed by atoms with Gasteiger partial charge in [-0.1, -0.05) is 18.2 Å². The van der Waals surface area contributed by atoms with Crippen LogP contribution in [0.5, 0.6) is 11.5 Å². The molecule has 1 atom stereocenters. The Kier molecular flexibility index (Phi) is 3.65. The molecule has 0 saturated carbocycles. The molecule has 2 rings (SSSR count). The van der Waals surface area contributed by atoms with Crippen molar-refractivity contribution < 1.29 is 10.2 Å². The third-order valence-electron chi connectivity index (χ3n) is 3.26. The van der Waals surface area contributed by atoms with Gasteiger partial charge in [-0.15, -0.1) is 0 Å². The van der Waals surface area contributed by atoms with Gasteiger partial charge in [0, 0.05) is 5.69 Å². The predicted octanol–water partition coefficient (Wildman–Crippen LogP) is 3.89. The van der Waals surface area contributed by atoms with Gasteiger partial charge in [-0.05, 0) is 50.1 Å². The van der Waals surface area contributed by atoms with Crippen LogP contribution in [0.15, 0.2) is 36.4 Å². The Morgan fingerprint density at radius 2 is 1.63 bits per heavy atom. The summed E-state index contributed by atoms with van der Waals surface area (Å²) in [7, 11) is 0. The fourth-order valence-electron chi connectivity index (χ4n) is 2.18. The SMILES string of the molecule is Cc1ccc(C)c(NC(C)c2c(O)cccc2O)c1.